The van der Waals surface area contributed by atoms with E-state index in [9.17, 15) is 4.57 Å². The summed E-state index contributed by atoms with van der Waals surface area (Å²) in [5.74, 6) is 0. The van der Waals surface area contributed by atoms with E-state index in [1.165, 1.54) is 13.8 Å². The predicted octanol–water partition coefficient (Wildman–Crippen LogP) is 1.01. The maximum absolute atomic E-state index is 10.9. The first kappa shape index (κ1) is 9.15. The van der Waals surface area contributed by atoms with Gasteiger partial charge in [-0.2, -0.15) is 0 Å². The predicted molar refractivity (Wildman–Crippen MR) is 36.7 cm³/mol. The molecule has 0 aromatic rings. The van der Waals surface area contributed by atoms with Gasteiger partial charge in [0.05, 0.1) is 0 Å². The first-order valence-electron chi connectivity index (χ1n) is 2.85. The summed E-state index contributed by atoms with van der Waals surface area (Å²) in [6, 6.07) is 0. The largest absolute Gasteiger partial charge is 0.380 e. The van der Waals surface area contributed by atoms with E-state index in [0.29, 0.717) is 0 Å². The van der Waals surface area contributed by atoms with Crippen molar-refractivity contribution in [3.63, 3.8) is 0 Å². The fraction of sp³-hybridized carbons (Fsp3) is 1.00. The molecule has 56 valence electrons. The SMILES string of the molecule is CCP(=O)(O)C(C)(C)O. The monoisotopic (exact) mass is 152 g/mol. The van der Waals surface area contributed by atoms with Crippen molar-refractivity contribution in [1.29, 1.82) is 0 Å². The molecule has 0 amide bonds. The van der Waals surface area contributed by atoms with Crippen molar-refractivity contribution >= 4 is 7.37 Å². The van der Waals surface area contributed by atoms with Gasteiger partial charge in [0.1, 0.15) is 5.34 Å². The topological polar surface area (TPSA) is 57.5 Å². The van der Waals surface area contributed by atoms with Crippen LogP contribution in [0.25, 0.3) is 0 Å². The lowest BCUT2D eigenvalue weighted by atomic mass is 10.5. The van der Waals surface area contributed by atoms with Crippen LogP contribution in [0.3, 0.4) is 0 Å². The lowest BCUT2D eigenvalue weighted by Crippen LogP contribution is -2.19. The Bertz CT molecular complexity index is 136. The molecule has 0 aliphatic rings. The Hall–Kier alpha value is 0.150. The third-order valence-corrected chi connectivity index (χ3v) is 3.85. The van der Waals surface area contributed by atoms with Crippen LogP contribution in [0.15, 0.2) is 0 Å². The van der Waals surface area contributed by atoms with Gasteiger partial charge < -0.3 is 10.00 Å². The molecule has 0 aromatic carbocycles. The van der Waals surface area contributed by atoms with Gasteiger partial charge in [-0.25, -0.2) is 0 Å². The molecule has 0 aliphatic carbocycles. The average molecular weight is 152 g/mol. The molecule has 0 radical (unpaired) electrons. The van der Waals surface area contributed by atoms with Crippen molar-refractivity contribution in [3.8, 4) is 0 Å². The van der Waals surface area contributed by atoms with Crippen LogP contribution in [0.5, 0.6) is 0 Å². The third kappa shape index (κ3) is 2.09. The molecule has 0 saturated heterocycles. The normalized spacial score (nSPS) is 19.2. The summed E-state index contributed by atoms with van der Waals surface area (Å²) in [7, 11) is -3.30. The highest BCUT2D eigenvalue weighted by Crippen LogP contribution is 2.51. The van der Waals surface area contributed by atoms with Crippen molar-refractivity contribution in [2.75, 3.05) is 6.16 Å². The summed E-state index contributed by atoms with van der Waals surface area (Å²) in [5.41, 5.74) is 0. The van der Waals surface area contributed by atoms with Gasteiger partial charge in [0.25, 0.3) is 0 Å². The highest BCUT2D eigenvalue weighted by atomic mass is 31.2. The molecule has 4 heteroatoms. The van der Waals surface area contributed by atoms with Crippen molar-refractivity contribution in [2.24, 2.45) is 0 Å². The lowest BCUT2D eigenvalue weighted by Gasteiger charge is -2.22. The van der Waals surface area contributed by atoms with Gasteiger partial charge in [-0.3, -0.25) is 4.57 Å². The zero-order valence-corrected chi connectivity index (χ0v) is 6.85. The van der Waals surface area contributed by atoms with Gasteiger partial charge in [-0.1, -0.05) is 6.92 Å². The van der Waals surface area contributed by atoms with Crippen LogP contribution in [0.2, 0.25) is 0 Å². The zero-order valence-electron chi connectivity index (χ0n) is 5.96. The van der Waals surface area contributed by atoms with E-state index >= 15 is 0 Å². The van der Waals surface area contributed by atoms with Crippen LogP contribution < -0.4 is 0 Å². The van der Waals surface area contributed by atoms with Gasteiger partial charge in [0.2, 0.25) is 7.37 Å². The maximum atomic E-state index is 10.9. The summed E-state index contributed by atoms with van der Waals surface area (Å²) >= 11 is 0. The Morgan fingerprint density at radius 3 is 1.89 bits per heavy atom. The standard InChI is InChI=1S/C5H13O3P/c1-4-9(7,8)5(2,3)6/h6H,4H2,1-3H3,(H,7,8). The van der Waals surface area contributed by atoms with Crippen LogP contribution >= 0.6 is 7.37 Å². The fourth-order valence-corrected chi connectivity index (χ4v) is 1.16. The molecule has 9 heavy (non-hydrogen) atoms. The van der Waals surface area contributed by atoms with E-state index < -0.39 is 12.7 Å². The molecule has 0 fully saturated rings. The van der Waals surface area contributed by atoms with E-state index in [2.05, 4.69) is 0 Å². The smallest absolute Gasteiger partial charge is 0.230 e. The summed E-state index contributed by atoms with van der Waals surface area (Å²) in [6.07, 6.45) is 0.122. The summed E-state index contributed by atoms with van der Waals surface area (Å²) in [6.45, 7) is 4.27. The molecular weight excluding hydrogens is 139 g/mol. The molecule has 0 bridgehead atoms. The summed E-state index contributed by atoms with van der Waals surface area (Å²) in [4.78, 5) is 8.97. The third-order valence-electron chi connectivity index (χ3n) is 1.28. The van der Waals surface area contributed by atoms with E-state index in [4.69, 9.17) is 10.00 Å². The Morgan fingerprint density at radius 2 is 1.89 bits per heavy atom. The molecule has 0 spiro atoms. The number of hydrogen-bond donors (Lipinski definition) is 2. The Morgan fingerprint density at radius 1 is 1.56 bits per heavy atom. The van der Waals surface area contributed by atoms with Gasteiger partial charge in [0.15, 0.2) is 0 Å². The quantitative estimate of drug-likeness (QED) is 0.580. The molecule has 1 atom stereocenters. The molecule has 0 aromatic heterocycles. The molecule has 1 unspecified atom stereocenters. The molecule has 0 rings (SSSR count). The van der Waals surface area contributed by atoms with Crippen molar-refractivity contribution < 1.29 is 14.6 Å². The first-order valence-corrected chi connectivity index (χ1v) is 4.70. The van der Waals surface area contributed by atoms with Gasteiger partial charge >= 0.3 is 0 Å². The van der Waals surface area contributed by atoms with Gasteiger partial charge in [0, 0.05) is 6.16 Å². The van der Waals surface area contributed by atoms with Crippen LogP contribution in [-0.2, 0) is 4.57 Å². The van der Waals surface area contributed by atoms with Gasteiger partial charge in [-0.15, -0.1) is 0 Å². The molecule has 0 aliphatic heterocycles. The second-order valence-electron chi connectivity index (χ2n) is 2.51. The summed E-state index contributed by atoms with van der Waals surface area (Å²) < 4.78 is 10.9. The Balaban J connectivity index is 4.35. The van der Waals surface area contributed by atoms with E-state index in [0.717, 1.165) is 0 Å². The minimum atomic E-state index is -3.30. The number of hydrogen-bond acceptors (Lipinski definition) is 2. The minimum absolute atomic E-state index is 0.122. The fourth-order valence-electron chi connectivity index (χ4n) is 0.387. The van der Waals surface area contributed by atoms with Crippen LogP contribution in [0, 0.1) is 0 Å². The van der Waals surface area contributed by atoms with Crippen LogP contribution in [-0.4, -0.2) is 21.5 Å². The Labute approximate surface area is 55.2 Å². The number of aliphatic hydroxyl groups is 1. The highest BCUT2D eigenvalue weighted by molar-refractivity contribution is 7.59. The van der Waals surface area contributed by atoms with E-state index in [-0.39, 0.29) is 6.16 Å². The minimum Gasteiger partial charge on any atom is -0.380 e. The second-order valence-corrected chi connectivity index (χ2v) is 5.64. The maximum Gasteiger partial charge on any atom is 0.230 e. The first-order chi connectivity index (χ1) is 3.81. The van der Waals surface area contributed by atoms with Crippen molar-refractivity contribution in [2.45, 2.75) is 26.1 Å². The molecular formula is C5H13O3P. The average Bonchev–Trinajstić information content (AvgIpc) is 1.64. The van der Waals surface area contributed by atoms with Crippen LogP contribution in [0.1, 0.15) is 20.8 Å². The second kappa shape index (κ2) is 2.41. The van der Waals surface area contributed by atoms with Crippen molar-refractivity contribution in [1.82, 2.24) is 0 Å². The molecule has 0 heterocycles. The van der Waals surface area contributed by atoms with E-state index in [1.807, 2.05) is 0 Å². The van der Waals surface area contributed by atoms with Crippen molar-refractivity contribution in [3.05, 3.63) is 0 Å². The van der Waals surface area contributed by atoms with Crippen LogP contribution in [0.4, 0.5) is 0 Å². The zero-order chi connectivity index (χ0) is 7.71. The molecule has 3 nitrogen and oxygen atoms in total. The molecule has 0 saturated carbocycles. The lowest BCUT2D eigenvalue weighted by molar-refractivity contribution is 0.148. The number of rotatable bonds is 2. The van der Waals surface area contributed by atoms with E-state index in [1.54, 1.807) is 6.92 Å². The molecule has 2 N–H and O–H groups in total. The summed E-state index contributed by atoms with van der Waals surface area (Å²) in [5, 5.41) is 7.59. The van der Waals surface area contributed by atoms with Gasteiger partial charge in [-0.05, 0) is 13.8 Å². The highest BCUT2D eigenvalue weighted by Gasteiger charge is 2.34. The Kier molecular flexibility index (Phi) is 2.45.